The predicted octanol–water partition coefficient (Wildman–Crippen LogP) is 6.45. The van der Waals surface area contributed by atoms with Crippen LogP contribution in [0.4, 0.5) is 0 Å². The first kappa shape index (κ1) is 19.3. The lowest BCUT2D eigenvalue weighted by molar-refractivity contribution is 0.197. The molecular weight excluding hydrogens is 418 g/mol. The van der Waals surface area contributed by atoms with Gasteiger partial charge in [0.05, 0.1) is 6.61 Å². The van der Waals surface area contributed by atoms with Gasteiger partial charge in [0.2, 0.25) is 0 Å². The van der Waals surface area contributed by atoms with Crippen molar-refractivity contribution in [3.05, 3.63) is 52.0 Å². The maximum absolute atomic E-state index is 6.21. The van der Waals surface area contributed by atoms with E-state index in [1.54, 1.807) is 0 Å². The van der Waals surface area contributed by atoms with E-state index >= 15 is 0 Å². The second kappa shape index (κ2) is 7.11. The van der Waals surface area contributed by atoms with Crippen molar-refractivity contribution in [2.24, 2.45) is 10.4 Å². The molecule has 4 nitrogen and oxygen atoms in total. The monoisotopic (exact) mass is 443 g/mol. The van der Waals surface area contributed by atoms with Crippen LogP contribution < -0.4 is 9.47 Å². The molecule has 0 aliphatic carbocycles. The average molecular weight is 444 g/mol. The topological polar surface area (TPSA) is 40.0 Å². The van der Waals surface area contributed by atoms with Crippen LogP contribution in [0.1, 0.15) is 51.7 Å². The van der Waals surface area contributed by atoms with Gasteiger partial charge in [0, 0.05) is 22.0 Å². The van der Waals surface area contributed by atoms with Crippen LogP contribution >= 0.6 is 15.9 Å². The normalized spacial score (nSPS) is 20.1. The summed E-state index contributed by atoms with van der Waals surface area (Å²) in [4.78, 5) is 5.08. The van der Waals surface area contributed by atoms with Crippen LogP contribution in [0.2, 0.25) is 0 Å². The summed E-state index contributed by atoms with van der Waals surface area (Å²) in [6.45, 7) is 9.74. The van der Waals surface area contributed by atoms with E-state index in [-0.39, 0.29) is 5.41 Å². The molecule has 2 aliphatic rings. The van der Waals surface area contributed by atoms with E-state index in [2.05, 4.69) is 55.8 Å². The van der Waals surface area contributed by atoms with Gasteiger partial charge in [0.25, 0.3) is 0 Å². The number of ether oxygens (including phenoxy) is 3. The fourth-order valence-electron chi connectivity index (χ4n) is 3.57. The van der Waals surface area contributed by atoms with Gasteiger partial charge < -0.3 is 14.2 Å². The van der Waals surface area contributed by atoms with Crippen LogP contribution in [-0.4, -0.2) is 19.1 Å². The van der Waals surface area contributed by atoms with Gasteiger partial charge in [-0.3, -0.25) is 0 Å². The summed E-state index contributed by atoms with van der Waals surface area (Å²) in [7, 11) is 0. The van der Waals surface area contributed by atoms with E-state index in [9.17, 15) is 0 Å². The molecule has 1 unspecified atom stereocenters. The Morgan fingerprint density at radius 1 is 1.11 bits per heavy atom. The third-order valence-electron chi connectivity index (χ3n) is 4.90. The summed E-state index contributed by atoms with van der Waals surface area (Å²) in [6, 6.07) is 12.1. The van der Waals surface area contributed by atoms with E-state index in [0.29, 0.717) is 13.2 Å². The van der Waals surface area contributed by atoms with Crippen LogP contribution in [0.5, 0.6) is 17.2 Å². The molecule has 1 spiro atoms. The second-order valence-electron chi connectivity index (χ2n) is 8.65. The zero-order valence-electron chi connectivity index (χ0n) is 16.8. The molecular formula is C23H26BrNO3. The number of nitrogens with zero attached hydrogens (tertiary/aromatic N) is 1. The summed E-state index contributed by atoms with van der Waals surface area (Å²) < 4.78 is 19.3. The minimum atomic E-state index is -0.599. The minimum absolute atomic E-state index is 0.0878. The van der Waals surface area contributed by atoms with Crippen LogP contribution in [0.15, 0.2) is 45.9 Å². The molecule has 28 heavy (non-hydrogen) atoms. The molecule has 0 fully saturated rings. The van der Waals surface area contributed by atoms with Crippen LogP contribution in [0.25, 0.3) is 0 Å². The molecule has 2 heterocycles. The van der Waals surface area contributed by atoms with E-state index in [0.717, 1.165) is 51.6 Å². The largest absolute Gasteiger partial charge is 0.493 e. The van der Waals surface area contributed by atoms with Crippen molar-refractivity contribution in [2.75, 3.05) is 13.2 Å². The molecule has 0 amide bonds. The van der Waals surface area contributed by atoms with Gasteiger partial charge in [0.15, 0.2) is 11.4 Å². The van der Waals surface area contributed by atoms with Gasteiger partial charge in [-0.05, 0) is 48.2 Å². The van der Waals surface area contributed by atoms with Crippen molar-refractivity contribution >= 4 is 21.8 Å². The lowest BCUT2D eigenvalue weighted by Crippen LogP contribution is -2.31. The third-order valence-corrected chi connectivity index (χ3v) is 5.40. The lowest BCUT2D eigenvalue weighted by atomic mass is 9.81. The van der Waals surface area contributed by atoms with Crippen LogP contribution in [0, 0.1) is 5.41 Å². The van der Waals surface area contributed by atoms with Gasteiger partial charge in [-0.25, -0.2) is 4.99 Å². The fourth-order valence-corrected chi connectivity index (χ4v) is 3.93. The average Bonchev–Trinajstić information content (AvgIpc) is 3.06. The number of benzene rings is 2. The van der Waals surface area contributed by atoms with Crippen molar-refractivity contribution < 1.29 is 14.2 Å². The maximum atomic E-state index is 6.21. The Morgan fingerprint density at radius 3 is 2.54 bits per heavy atom. The molecule has 0 bridgehead atoms. The highest BCUT2D eigenvalue weighted by molar-refractivity contribution is 9.10. The molecule has 1 atom stereocenters. The van der Waals surface area contributed by atoms with Crippen molar-refractivity contribution in [1.82, 2.24) is 0 Å². The highest BCUT2D eigenvalue weighted by atomic mass is 79.9. The van der Waals surface area contributed by atoms with Crippen LogP contribution in [0.3, 0.4) is 0 Å². The Morgan fingerprint density at radius 2 is 1.82 bits per heavy atom. The molecule has 2 aromatic rings. The fraction of sp³-hybridized carbons (Fsp3) is 0.435. The SMILES string of the molecule is CCCC1=NC2(CO1)c1cc(Br)ccc1Oc1ccc(OCC(C)(C)C)cc12. The van der Waals surface area contributed by atoms with Crippen LogP contribution in [-0.2, 0) is 10.3 Å². The van der Waals surface area contributed by atoms with E-state index in [4.69, 9.17) is 19.2 Å². The first-order valence-corrected chi connectivity index (χ1v) is 10.6. The first-order chi connectivity index (χ1) is 13.3. The number of halogens is 1. The maximum Gasteiger partial charge on any atom is 0.184 e. The summed E-state index contributed by atoms with van der Waals surface area (Å²) in [5.41, 5.74) is 1.51. The number of hydrogen-bond acceptors (Lipinski definition) is 4. The van der Waals surface area contributed by atoms with Gasteiger partial charge in [-0.15, -0.1) is 0 Å². The second-order valence-corrected chi connectivity index (χ2v) is 9.57. The highest BCUT2D eigenvalue weighted by Crippen LogP contribution is 2.52. The summed E-state index contributed by atoms with van der Waals surface area (Å²) in [6.07, 6.45) is 1.83. The molecule has 5 heteroatoms. The Hall–Kier alpha value is -2.01. The zero-order chi connectivity index (χ0) is 19.9. The quantitative estimate of drug-likeness (QED) is 0.544. The standard InChI is InChI=1S/C23H26BrNO3/c1-5-6-21-25-23(14-27-21)17-11-15(24)7-9-19(17)28-20-10-8-16(12-18(20)23)26-13-22(2,3)4/h7-12H,5-6,13-14H2,1-4H3. The molecule has 4 rings (SSSR count). The summed E-state index contributed by atoms with van der Waals surface area (Å²) >= 11 is 3.60. The lowest BCUT2D eigenvalue weighted by Gasteiger charge is -2.34. The minimum Gasteiger partial charge on any atom is -0.493 e. The Labute approximate surface area is 175 Å². The number of hydrogen-bond donors (Lipinski definition) is 0. The van der Waals surface area contributed by atoms with Crippen molar-refractivity contribution in [1.29, 1.82) is 0 Å². The van der Waals surface area contributed by atoms with Crippen molar-refractivity contribution in [3.8, 4) is 17.2 Å². The third kappa shape index (κ3) is 3.52. The molecule has 0 saturated heterocycles. The van der Waals surface area contributed by atoms with E-state index < -0.39 is 5.54 Å². The van der Waals surface area contributed by atoms with Gasteiger partial charge in [0.1, 0.15) is 23.9 Å². The smallest absolute Gasteiger partial charge is 0.184 e. The molecule has 2 aromatic carbocycles. The van der Waals surface area contributed by atoms with Gasteiger partial charge in [-0.2, -0.15) is 0 Å². The van der Waals surface area contributed by atoms with E-state index in [1.165, 1.54) is 0 Å². The number of aliphatic imine (C=N–C) groups is 1. The molecule has 0 N–H and O–H groups in total. The highest BCUT2D eigenvalue weighted by Gasteiger charge is 2.47. The summed E-state index contributed by atoms with van der Waals surface area (Å²) in [5.74, 6) is 3.27. The zero-order valence-corrected chi connectivity index (χ0v) is 18.4. The van der Waals surface area contributed by atoms with Gasteiger partial charge >= 0.3 is 0 Å². The molecule has 0 saturated carbocycles. The number of fused-ring (bicyclic) bond motifs is 4. The molecule has 2 aliphatic heterocycles. The molecule has 0 aromatic heterocycles. The van der Waals surface area contributed by atoms with Crippen molar-refractivity contribution in [3.63, 3.8) is 0 Å². The van der Waals surface area contributed by atoms with Gasteiger partial charge in [-0.1, -0.05) is 43.6 Å². The number of rotatable bonds is 4. The Kier molecular flexibility index (Phi) is 4.90. The predicted molar refractivity (Wildman–Crippen MR) is 115 cm³/mol. The first-order valence-electron chi connectivity index (χ1n) is 9.77. The molecule has 148 valence electrons. The Balaban J connectivity index is 1.82. The molecule has 0 radical (unpaired) electrons. The van der Waals surface area contributed by atoms with E-state index in [1.807, 2.05) is 24.3 Å². The Bertz CT molecular complexity index is 932. The summed E-state index contributed by atoms with van der Waals surface area (Å²) in [5, 5.41) is 0. The van der Waals surface area contributed by atoms with Crippen molar-refractivity contribution in [2.45, 2.75) is 46.1 Å².